The van der Waals surface area contributed by atoms with Gasteiger partial charge in [-0.15, -0.1) is 0 Å². The molecule has 1 aromatic carbocycles. The van der Waals surface area contributed by atoms with E-state index in [9.17, 15) is 0 Å². The third kappa shape index (κ3) is 2.87. The maximum atomic E-state index is 5.77. The van der Waals surface area contributed by atoms with Gasteiger partial charge in [-0.05, 0) is 47.5 Å². The van der Waals surface area contributed by atoms with Crippen LogP contribution in [-0.4, -0.2) is 16.9 Å². The highest BCUT2D eigenvalue weighted by atomic mass is 79.9. The minimum atomic E-state index is -0.163. The molecule has 0 aliphatic carbocycles. The largest absolute Gasteiger partial charge is 0.497 e. The molecule has 0 spiro atoms. The van der Waals surface area contributed by atoms with E-state index in [1.165, 1.54) is 0 Å². The molecular weight excluding hydrogens is 320 g/mol. The van der Waals surface area contributed by atoms with E-state index in [4.69, 9.17) is 10.6 Å². The Hall–Kier alpha value is -1.37. The number of ether oxygens (including phenoxy) is 1. The van der Waals surface area contributed by atoms with E-state index in [-0.39, 0.29) is 12.1 Å². The topological polar surface area (TPSA) is 65.1 Å². The number of hydrogen-bond donors (Lipinski definition) is 2. The summed E-state index contributed by atoms with van der Waals surface area (Å²) in [6, 6.07) is 7.92. The van der Waals surface area contributed by atoms with Crippen LogP contribution in [-0.2, 0) is 0 Å². The van der Waals surface area contributed by atoms with Gasteiger partial charge in [0.25, 0.3) is 0 Å². The molecule has 0 aliphatic heterocycles. The van der Waals surface area contributed by atoms with E-state index in [1.807, 2.05) is 28.9 Å². The lowest BCUT2D eigenvalue weighted by atomic mass is 10.0. The Bertz CT molecular complexity index is 582. The van der Waals surface area contributed by atoms with E-state index in [2.05, 4.69) is 40.3 Å². The van der Waals surface area contributed by atoms with Gasteiger partial charge < -0.3 is 4.74 Å². The Morgan fingerprint density at radius 3 is 2.75 bits per heavy atom. The van der Waals surface area contributed by atoms with Crippen molar-refractivity contribution in [2.24, 2.45) is 5.84 Å². The Labute approximate surface area is 127 Å². The number of nitrogens with one attached hydrogen (secondary N) is 1. The van der Waals surface area contributed by atoms with Crippen molar-refractivity contribution in [2.75, 3.05) is 7.11 Å². The first-order valence-electron chi connectivity index (χ1n) is 6.41. The highest BCUT2D eigenvalue weighted by Crippen LogP contribution is 2.31. The maximum absolute atomic E-state index is 5.77. The second kappa shape index (κ2) is 6.39. The number of hydrazine groups is 1. The van der Waals surface area contributed by atoms with Crippen LogP contribution in [0.4, 0.5) is 0 Å². The number of methoxy groups -OCH3 is 1. The molecule has 1 aromatic heterocycles. The van der Waals surface area contributed by atoms with E-state index in [1.54, 1.807) is 13.3 Å². The molecule has 0 bridgehead atoms. The predicted molar refractivity (Wildman–Crippen MR) is 82.5 cm³/mol. The van der Waals surface area contributed by atoms with Crippen LogP contribution in [0.25, 0.3) is 0 Å². The molecule has 5 nitrogen and oxygen atoms in total. The van der Waals surface area contributed by atoms with Gasteiger partial charge in [-0.3, -0.25) is 10.5 Å². The predicted octanol–water partition coefficient (Wildman–Crippen LogP) is 2.79. The summed E-state index contributed by atoms with van der Waals surface area (Å²) in [5.41, 5.74) is 4.88. The summed E-state index contributed by atoms with van der Waals surface area (Å²) >= 11 is 3.55. The Morgan fingerprint density at radius 1 is 1.40 bits per heavy atom. The lowest BCUT2D eigenvalue weighted by Gasteiger charge is -2.21. The van der Waals surface area contributed by atoms with Crippen molar-refractivity contribution in [1.29, 1.82) is 0 Å². The summed E-state index contributed by atoms with van der Waals surface area (Å²) in [7, 11) is 1.65. The zero-order valence-corrected chi connectivity index (χ0v) is 13.4. The number of rotatable bonds is 5. The maximum Gasteiger partial charge on any atom is 0.119 e. The molecule has 1 heterocycles. The van der Waals surface area contributed by atoms with Crippen LogP contribution in [0.2, 0.25) is 0 Å². The third-order valence-corrected chi connectivity index (χ3v) is 3.75. The SMILES string of the molecule is COc1cccc(C(NN)c2c(Br)cnn2C(C)C)c1. The lowest BCUT2D eigenvalue weighted by Crippen LogP contribution is -2.31. The van der Waals surface area contributed by atoms with Crippen LogP contribution in [0, 0.1) is 0 Å². The highest BCUT2D eigenvalue weighted by molar-refractivity contribution is 9.10. The van der Waals surface area contributed by atoms with Crippen molar-refractivity contribution in [3.05, 3.63) is 46.2 Å². The minimum absolute atomic E-state index is 0.163. The molecule has 1 unspecified atom stereocenters. The average molecular weight is 339 g/mol. The first kappa shape index (κ1) is 15.0. The van der Waals surface area contributed by atoms with Crippen LogP contribution in [0.5, 0.6) is 5.75 Å². The molecule has 3 N–H and O–H groups in total. The number of halogens is 1. The smallest absolute Gasteiger partial charge is 0.119 e. The number of aromatic nitrogens is 2. The normalized spacial score (nSPS) is 12.7. The lowest BCUT2D eigenvalue weighted by molar-refractivity contribution is 0.413. The van der Waals surface area contributed by atoms with Crippen molar-refractivity contribution in [1.82, 2.24) is 15.2 Å². The van der Waals surface area contributed by atoms with E-state index < -0.39 is 0 Å². The molecule has 0 radical (unpaired) electrons. The molecular formula is C14H19BrN4O. The first-order valence-corrected chi connectivity index (χ1v) is 7.20. The number of benzene rings is 1. The van der Waals surface area contributed by atoms with Gasteiger partial charge >= 0.3 is 0 Å². The zero-order valence-electron chi connectivity index (χ0n) is 11.8. The van der Waals surface area contributed by atoms with Crippen molar-refractivity contribution in [2.45, 2.75) is 25.9 Å². The van der Waals surface area contributed by atoms with Crippen LogP contribution >= 0.6 is 15.9 Å². The third-order valence-electron chi connectivity index (χ3n) is 3.14. The molecule has 2 rings (SSSR count). The summed E-state index contributed by atoms with van der Waals surface area (Å²) in [6.45, 7) is 4.17. The molecule has 0 aliphatic rings. The van der Waals surface area contributed by atoms with Crippen molar-refractivity contribution >= 4 is 15.9 Å². The van der Waals surface area contributed by atoms with Gasteiger partial charge in [0, 0.05) is 6.04 Å². The van der Waals surface area contributed by atoms with Crippen LogP contribution in [0.1, 0.15) is 37.2 Å². The van der Waals surface area contributed by atoms with Gasteiger partial charge in [0.15, 0.2) is 0 Å². The molecule has 0 fully saturated rings. The molecule has 2 aromatic rings. The van der Waals surface area contributed by atoms with Gasteiger partial charge in [0.1, 0.15) is 5.75 Å². The quantitative estimate of drug-likeness (QED) is 0.649. The molecule has 1 atom stereocenters. The van der Waals surface area contributed by atoms with Gasteiger partial charge in [0.2, 0.25) is 0 Å². The van der Waals surface area contributed by atoms with Crippen molar-refractivity contribution < 1.29 is 4.74 Å². The standard InChI is InChI=1S/C14H19BrN4O/c1-9(2)19-14(12(15)8-17-19)13(18-16)10-5-4-6-11(7-10)20-3/h4-9,13,18H,16H2,1-3H3. The molecule has 0 amide bonds. The molecule has 0 saturated carbocycles. The molecule has 108 valence electrons. The van der Waals surface area contributed by atoms with Gasteiger partial charge in [-0.1, -0.05) is 12.1 Å². The summed E-state index contributed by atoms with van der Waals surface area (Å²) in [5.74, 6) is 6.57. The Balaban J connectivity index is 2.49. The monoisotopic (exact) mass is 338 g/mol. The van der Waals surface area contributed by atoms with E-state index in [0.717, 1.165) is 21.5 Å². The summed E-state index contributed by atoms with van der Waals surface area (Å²) < 4.78 is 8.15. The second-order valence-corrected chi connectivity index (χ2v) is 5.65. The van der Waals surface area contributed by atoms with Gasteiger partial charge in [-0.2, -0.15) is 5.10 Å². The summed E-state index contributed by atoms with van der Waals surface area (Å²) in [4.78, 5) is 0. The molecule has 0 saturated heterocycles. The fourth-order valence-electron chi connectivity index (χ4n) is 2.19. The Kier molecular flexibility index (Phi) is 4.80. The van der Waals surface area contributed by atoms with E-state index in [0.29, 0.717) is 0 Å². The first-order chi connectivity index (χ1) is 9.58. The fraction of sp³-hybridized carbons (Fsp3) is 0.357. The fourth-order valence-corrected chi connectivity index (χ4v) is 2.69. The van der Waals surface area contributed by atoms with Crippen LogP contribution in [0.15, 0.2) is 34.9 Å². The van der Waals surface area contributed by atoms with Crippen molar-refractivity contribution in [3.63, 3.8) is 0 Å². The van der Waals surface area contributed by atoms with Crippen molar-refractivity contribution in [3.8, 4) is 5.75 Å². The number of nitrogens with zero attached hydrogens (tertiary/aromatic N) is 2. The second-order valence-electron chi connectivity index (χ2n) is 4.79. The minimum Gasteiger partial charge on any atom is -0.497 e. The zero-order chi connectivity index (χ0) is 14.7. The number of hydrogen-bond acceptors (Lipinski definition) is 4. The van der Waals surface area contributed by atoms with Gasteiger partial charge in [0.05, 0.1) is 29.5 Å². The van der Waals surface area contributed by atoms with E-state index >= 15 is 0 Å². The number of nitrogens with two attached hydrogens (primary N) is 1. The highest BCUT2D eigenvalue weighted by Gasteiger charge is 2.22. The summed E-state index contributed by atoms with van der Waals surface area (Å²) in [6.07, 6.45) is 1.79. The van der Waals surface area contributed by atoms with Crippen LogP contribution < -0.4 is 16.0 Å². The van der Waals surface area contributed by atoms with Gasteiger partial charge in [-0.25, -0.2) is 5.43 Å². The molecule has 20 heavy (non-hydrogen) atoms. The Morgan fingerprint density at radius 2 is 2.15 bits per heavy atom. The summed E-state index contributed by atoms with van der Waals surface area (Å²) in [5, 5.41) is 4.40. The van der Waals surface area contributed by atoms with Crippen LogP contribution in [0.3, 0.4) is 0 Å². The molecule has 6 heteroatoms. The average Bonchev–Trinajstić information content (AvgIpc) is 2.82.